The van der Waals surface area contributed by atoms with Gasteiger partial charge in [0.05, 0.1) is 24.7 Å². The van der Waals surface area contributed by atoms with E-state index in [4.69, 9.17) is 14.6 Å². The van der Waals surface area contributed by atoms with Crippen LogP contribution in [0.4, 0.5) is 5.69 Å². The van der Waals surface area contributed by atoms with E-state index < -0.39 is 4.92 Å². The number of rotatable bonds is 5. The number of hydrogen-bond acceptors (Lipinski definition) is 5. The van der Waals surface area contributed by atoms with Gasteiger partial charge in [-0.3, -0.25) is 10.1 Å². The van der Waals surface area contributed by atoms with E-state index in [0.717, 1.165) is 0 Å². The summed E-state index contributed by atoms with van der Waals surface area (Å²) in [4.78, 5) is 9.96. The molecule has 0 heterocycles. The van der Waals surface area contributed by atoms with Crippen LogP contribution in [0.25, 0.3) is 0 Å². The van der Waals surface area contributed by atoms with Crippen LogP contribution in [-0.4, -0.2) is 30.4 Å². The molecule has 0 saturated heterocycles. The maximum Gasteiger partial charge on any atom is 0.273 e. The zero-order valence-corrected chi connectivity index (χ0v) is 8.17. The Morgan fingerprint density at radius 2 is 2.20 bits per heavy atom. The van der Waals surface area contributed by atoms with E-state index in [1.165, 1.54) is 25.3 Å². The lowest BCUT2D eigenvalue weighted by Crippen LogP contribution is -2.03. The fourth-order valence-electron chi connectivity index (χ4n) is 1.05. The maximum absolute atomic E-state index is 10.5. The maximum atomic E-state index is 10.5. The van der Waals surface area contributed by atoms with Crippen molar-refractivity contribution in [3.05, 3.63) is 28.3 Å². The number of benzene rings is 1. The molecule has 6 heteroatoms. The molecule has 1 N–H and O–H groups in total. The van der Waals surface area contributed by atoms with Crippen LogP contribution in [0.1, 0.15) is 0 Å². The lowest BCUT2D eigenvalue weighted by Gasteiger charge is -2.08. The minimum absolute atomic E-state index is 0.0670. The standard InChI is InChI=1S/C9H11NO5/c1-14-8-3-2-7(10(12)13)6-9(8)15-5-4-11/h2-3,6,11H,4-5H2,1H3. The van der Waals surface area contributed by atoms with Gasteiger partial charge < -0.3 is 14.6 Å². The van der Waals surface area contributed by atoms with Crippen LogP contribution in [0.3, 0.4) is 0 Å². The van der Waals surface area contributed by atoms with Gasteiger partial charge >= 0.3 is 0 Å². The summed E-state index contributed by atoms with van der Waals surface area (Å²) in [5.74, 6) is 0.648. The van der Waals surface area contributed by atoms with Crippen LogP contribution < -0.4 is 9.47 Å². The van der Waals surface area contributed by atoms with Gasteiger partial charge in [0.25, 0.3) is 5.69 Å². The van der Waals surface area contributed by atoms with Crippen molar-refractivity contribution in [1.29, 1.82) is 0 Å². The Kier molecular flexibility index (Phi) is 3.87. The number of ether oxygens (including phenoxy) is 2. The number of nitrogens with zero attached hydrogens (tertiary/aromatic N) is 1. The number of aliphatic hydroxyl groups is 1. The fraction of sp³-hybridized carbons (Fsp3) is 0.333. The predicted octanol–water partition coefficient (Wildman–Crippen LogP) is 0.974. The molecule has 0 aromatic heterocycles. The highest BCUT2D eigenvalue weighted by Crippen LogP contribution is 2.30. The molecule has 1 aromatic carbocycles. The Morgan fingerprint density at radius 1 is 1.47 bits per heavy atom. The van der Waals surface area contributed by atoms with Crippen LogP contribution in [0, 0.1) is 10.1 Å². The van der Waals surface area contributed by atoms with Gasteiger partial charge in [0.2, 0.25) is 0 Å². The Bertz CT molecular complexity index is 352. The molecular weight excluding hydrogens is 202 g/mol. The summed E-state index contributed by atoms with van der Waals surface area (Å²) >= 11 is 0. The van der Waals surface area contributed by atoms with Gasteiger partial charge in [0.15, 0.2) is 11.5 Å². The topological polar surface area (TPSA) is 81.8 Å². The van der Waals surface area contributed by atoms with Gasteiger partial charge in [-0.2, -0.15) is 0 Å². The zero-order chi connectivity index (χ0) is 11.3. The number of methoxy groups -OCH3 is 1. The van der Waals surface area contributed by atoms with Gasteiger partial charge in [0.1, 0.15) is 6.61 Å². The van der Waals surface area contributed by atoms with E-state index in [-0.39, 0.29) is 24.7 Å². The van der Waals surface area contributed by atoms with Crippen molar-refractivity contribution >= 4 is 5.69 Å². The average molecular weight is 213 g/mol. The van der Waals surface area contributed by atoms with Gasteiger partial charge in [0, 0.05) is 6.07 Å². The van der Waals surface area contributed by atoms with Gasteiger partial charge in [-0.05, 0) is 6.07 Å². The highest BCUT2D eigenvalue weighted by Gasteiger charge is 2.11. The van der Waals surface area contributed by atoms with Crippen LogP contribution in [0.15, 0.2) is 18.2 Å². The summed E-state index contributed by atoms with van der Waals surface area (Å²) in [7, 11) is 1.44. The first-order chi connectivity index (χ1) is 7.19. The first-order valence-corrected chi connectivity index (χ1v) is 4.25. The van der Waals surface area contributed by atoms with Crippen LogP contribution in [0.5, 0.6) is 11.5 Å². The molecule has 0 fully saturated rings. The van der Waals surface area contributed by atoms with E-state index in [1.807, 2.05) is 0 Å². The molecular formula is C9H11NO5. The van der Waals surface area contributed by atoms with Crippen molar-refractivity contribution in [2.24, 2.45) is 0 Å². The van der Waals surface area contributed by atoms with Crippen molar-refractivity contribution in [3.8, 4) is 11.5 Å². The monoisotopic (exact) mass is 213 g/mol. The second-order valence-corrected chi connectivity index (χ2v) is 2.66. The molecule has 82 valence electrons. The smallest absolute Gasteiger partial charge is 0.273 e. The molecule has 1 rings (SSSR count). The Hall–Kier alpha value is -1.82. The number of aliphatic hydroxyl groups excluding tert-OH is 1. The van der Waals surface area contributed by atoms with E-state index in [1.54, 1.807) is 0 Å². The molecule has 0 bridgehead atoms. The van der Waals surface area contributed by atoms with E-state index in [9.17, 15) is 10.1 Å². The second kappa shape index (κ2) is 5.16. The summed E-state index contributed by atoms with van der Waals surface area (Å²) in [5, 5.41) is 19.1. The average Bonchev–Trinajstić information content (AvgIpc) is 2.25. The molecule has 1 aromatic rings. The van der Waals surface area contributed by atoms with Crippen molar-refractivity contribution in [2.75, 3.05) is 20.3 Å². The Morgan fingerprint density at radius 3 is 2.73 bits per heavy atom. The molecule has 0 unspecified atom stereocenters. The summed E-state index contributed by atoms with van der Waals surface area (Å²) in [5.41, 5.74) is -0.0799. The lowest BCUT2D eigenvalue weighted by atomic mass is 10.3. The van der Waals surface area contributed by atoms with E-state index in [2.05, 4.69) is 0 Å². The first-order valence-electron chi connectivity index (χ1n) is 4.25. The third-order valence-electron chi connectivity index (χ3n) is 1.71. The Balaban J connectivity index is 2.96. The Labute approximate surface area is 86.2 Å². The summed E-state index contributed by atoms with van der Waals surface area (Å²) < 4.78 is 10.0. The third kappa shape index (κ3) is 2.81. The molecule has 0 aliphatic carbocycles. The first kappa shape index (κ1) is 11.3. The van der Waals surface area contributed by atoms with Crippen molar-refractivity contribution in [1.82, 2.24) is 0 Å². The predicted molar refractivity (Wildman–Crippen MR) is 52.2 cm³/mol. The van der Waals surface area contributed by atoms with Crippen LogP contribution in [0.2, 0.25) is 0 Å². The van der Waals surface area contributed by atoms with Crippen molar-refractivity contribution in [2.45, 2.75) is 0 Å². The number of nitro groups is 1. The second-order valence-electron chi connectivity index (χ2n) is 2.66. The lowest BCUT2D eigenvalue weighted by molar-refractivity contribution is -0.385. The summed E-state index contributed by atoms with van der Waals surface area (Å²) in [6, 6.07) is 4.03. The largest absolute Gasteiger partial charge is 0.493 e. The quantitative estimate of drug-likeness (QED) is 0.582. The van der Waals surface area contributed by atoms with Crippen molar-refractivity contribution < 1.29 is 19.5 Å². The molecule has 0 aliphatic rings. The third-order valence-corrected chi connectivity index (χ3v) is 1.71. The summed E-state index contributed by atoms with van der Waals surface area (Å²) in [6.07, 6.45) is 0. The minimum atomic E-state index is -0.523. The highest BCUT2D eigenvalue weighted by atomic mass is 16.6. The molecule has 0 radical (unpaired) electrons. The molecule has 0 saturated carbocycles. The number of non-ortho nitro benzene ring substituents is 1. The highest BCUT2D eigenvalue weighted by molar-refractivity contribution is 5.48. The normalized spacial score (nSPS) is 9.73. The number of nitro benzene ring substituents is 1. The molecule has 6 nitrogen and oxygen atoms in total. The SMILES string of the molecule is COc1ccc([N+](=O)[O-])cc1OCCO. The molecule has 0 atom stereocenters. The van der Waals surface area contributed by atoms with Crippen LogP contribution >= 0.6 is 0 Å². The van der Waals surface area contributed by atoms with Gasteiger partial charge in [-0.1, -0.05) is 0 Å². The van der Waals surface area contributed by atoms with E-state index >= 15 is 0 Å². The van der Waals surface area contributed by atoms with Gasteiger partial charge in [-0.25, -0.2) is 0 Å². The number of hydrogen-bond donors (Lipinski definition) is 1. The molecule has 0 amide bonds. The van der Waals surface area contributed by atoms with Gasteiger partial charge in [-0.15, -0.1) is 0 Å². The van der Waals surface area contributed by atoms with Crippen LogP contribution in [-0.2, 0) is 0 Å². The molecule has 0 spiro atoms. The fourth-order valence-corrected chi connectivity index (χ4v) is 1.05. The molecule has 15 heavy (non-hydrogen) atoms. The van der Waals surface area contributed by atoms with E-state index in [0.29, 0.717) is 5.75 Å². The minimum Gasteiger partial charge on any atom is -0.493 e. The zero-order valence-electron chi connectivity index (χ0n) is 8.17. The van der Waals surface area contributed by atoms with Crippen molar-refractivity contribution in [3.63, 3.8) is 0 Å². The molecule has 0 aliphatic heterocycles. The summed E-state index contributed by atoms with van der Waals surface area (Å²) in [6.45, 7) is -0.0939.